The summed E-state index contributed by atoms with van der Waals surface area (Å²) in [6.45, 7) is -0.457. The second-order valence-corrected chi connectivity index (χ2v) is 6.76. The van der Waals surface area contributed by atoms with E-state index in [9.17, 15) is 33.9 Å². The van der Waals surface area contributed by atoms with Crippen molar-refractivity contribution in [2.45, 2.75) is 50.2 Å². The third-order valence-electron chi connectivity index (χ3n) is 4.06. The standard InChI is InChI=1S/C17H29N7O9/c18-7-11(25)22-10(6-13(28)29)15(31)23-8(2-1-5-21-17(19)20)14(30)24-9(16(32)33)3-4-12(26)27/h8-10H,1-7,18H2,(H,22,25)(H,23,31)(H,24,30)(H,26,27)(H,28,29)(H,32,33)(H4,19,20,21). The zero-order valence-electron chi connectivity index (χ0n) is 17.7. The van der Waals surface area contributed by atoms with Gasteiger partial charge in [-0.1, -0.05) is 0 Å². The number of aliphatic carboxylic acids is 3. The van der Waals surface area contributed by atoms with Crippen molar-refractivity contribution in [2.75, 3.05) is 13.1 Å². The fraction of sp³-hybridized carbons (Fsp3) is 0.588. The highest BCUT2D eigenvalue weighted by molar-refractivity contribution is 5.95. The van der Waals surface area contributed by atoms with Gasteiger partial charge in [0.25, 0.3) is 0 Å². The molecule has 0 aliphatic heterocycles. The van der Waals surface area contributed by atoms with Crippen LogP contribution in [0, 0.1) is 0 Å². The third kappa shape index (κ3) is 13.1. The Morgan fingerprint density at radius 2 is 1.36 bits per heavy atom. The number of nitrogens with two attached hydrogens (primary N) is 3. The van der Waals surface area contributed by atoms with Gasteiger partial charge in [0.15, 0.2) is 5.96 Å². The average molecular weight is 475 g/mol. The molecule has 0 bridgehead atoms. The number of nitrogens with one attached hydrogen (secondary N) is 3. The molecule has 3 unspecified atom stereocenters. The Balaban J connectivity index is 5.51. The maximum Gasteiger partial charge on any atom is 0.326 e. The SMILES string of the molecule is NCC(=O)NC(CC(=O)O)C(=O)NC(CCCN=C(N)N)C(=O)NC(CCC(=O)O)C(=O)O. The van der Waals surface area contributed by atoms with Crippen LogP contribution in [0.3, 0.4) is 0 Å². The minimum atomic E-state index is -1.56. The number of rotatable bonds is 16. The van der Waals surface area contributed by atoms with Gasteiger partial charge in [0.05, 0.1) is 13.0 Å². The molecule has 186 valence electrons. The van der Waals surface area contributed by atoms with Crippen LogP contribution in [0.5, 0.6) is 0 Å². The van der Waals surface area contributed by atoms with Crippen molar-refractivity contribution >= 4 is 41.6 Å². The van der Waals surface area contributed by atoms with Crippen LogP contribution in [0.15, 0.2) is 4.99 Å². The van der Waals surface area contributed by atoms with E-state index in [1.807, 2.05) is 0 Å². The van der Waals surface area contributed by atoms with Crippen LogP contribution in [0.2, 0.25) is 0 Å². The summed E-state index contributed by atoms with van der Waals surface area (Å²) in [6.07, 6.45) is -1.70. The van der Waals surface area contributed by atoms with Gasteiger partial charge in [0, 0.05) is 13.0 Å². The first-order valence-corrected chi connectivity index (χ1v) is 9.69. The third-order valence-corrected chi connectivity index (χ3v) is 4.06. The van der Waals surface area contributed by atoms with Crippen molar-refractivity contribution in [3.05, 3.63) is 0 Å². The molecule has 12 N–H and O–H groups in total. The van der Waals surface area contributed by atoms with Crippen molar-refractivity contribution in [1.29, 1.82) is 0 Å². The Morgan fingerprint density at radius 3 is 1.85 bits per heavy atom. The van der Waals surface area contributed by atoms with Crippen molar-refractivity contribution in [3.63, 3.8) is 0 Å². The first kappa shape index (κ1) is 29.0. The molecule has 3 atom stereocenters. The predicted octanol–water partition coefficient (Wildman–Crippen LogP) is -4.12. The zero-order valence-corrected chi connectivity index (χ0v) is 17.7. The number of aliphatic imine (C=N–C) groups is 1. The van der Waals surface area contributed by atoms with E-state index in [0.717, 1.165) is 0 Å². The van der Waals surface area contributed by atoms with Crippen molar-refractivity contribution in [2.24, 2.45) is 22.2 Å². The molecule has 0 aliphatic carbocycles. The van der Waals surface area contributed by atoms with Crippen LogP contribution in [-0.4, -0.2) is 88.1 Å². The van der Waals surface area contributed by atoms with Crippen LogP contribution in [-0.2, 0) is 28.8 Å². The lowest BCUT2D eigenvalue weighted by Gasteiger charge is -2.24. The smallest absolute Gasteiger partial charge is 0.326 e. The number of guanidine groups is 1. The Morgan fingerprint density at radius 1 is 0.788 bits per heavy atom. The molecule has 0 fully saturated rings. The monoisotopic (exact) mass is 475 g/mol. The number of carboxylic acid groups (broad SMARTS) is 3. The second-order valence-electron chi connectivity index (χ2n) is 6.76. The zero-order chi connectivity index (χ0) is 25.6. The van der Waals surface area contributed by atoms with Gasteiger partial charge < -0.3 is 48.5 Å². The fourth-order valence-electron chi connectivity index (χ4n) is 2.48. The number of nitrogens with zero attached hydrogens (tertiary/aromatic N) is 1. The summed E-state index contributed by atoms with van der Waals surface area (Å²) < 4.78 is 0. The van der Waals surface area contributed by atoms with Gasteiger partial charge in [0.1, 0.15) is 18.1 Å². The highest BCUT2D eigenvalue weighted by Gasteiger charge is 2.30. The van der Waals surface area contributed by atoms with E-state index in [2.05, 4.69) is 20.9 Å². The molecule has 0 saturated carbocycles. The molecular formula is C17H29N7O9. The molecular weight excluding hydrogens is 446 g/mol. The normalized spacial score (nSPS) is 13.0. The summed E-state index contributed by atoms with van der Waals surface area (Å²) in [6, 6.07) is -4.49. The van der Waals surface area contributed by atoms with Gasteiger partial charge in [-0.2, -0.15) is 0 Å². The quantitative estimate of drug-likeness (QED) is 0.0584. The molecule has 0 rings (SSSR count). The minimum Gasteiger partial charge on any atom is -0.481 e. The fourth-order valence-corrected chi connectivity index (χ4v) is 2.48. The van der Waals surface area contributed by atoms with E-state index in [1.54, 1.807) is 0 Å². The first-order valence-electron chi connectivity index (χ1n) is 9.69. The maximum atomic E-state index is 12.6. The lowest BCUT2D eigenvalue weighted by molar-refractivity contribution is -0.144. The van der Waals surface area contributed by atoms with Crippen LogP contribution in [0.25, 0.3) is 0 Å². The summed E-state index contributed by atoms with van der Waals surface area (Å²) in [5, 5.41) is 33.4. The van der Waals surface area contributed by atoms with Gasteiger partial charge in [0.2, 0.25) is 17.7 Å². The van der Waals surface area contributed by atoms with Crippen LogP contribution < -0.4 is 33.2 Å². The highest BCUT2D eigenvalue weighted by atomic mass is 16.4. The lowest BCUT2D eigenvalue weighted by Crippen LogP contribution is -2.56. The minimum absolute atomic E-state index is 0.0613. The molecule has 0 radical (unpaired) electrons. The molecule has 16 heteroatoms. The van der Waals surface area contributed by atoms with Crippen molar-refractivity contribution in [3.8, 4) is 0 Å². The number of hydrogen-bond acceptors (Lipinski definition) is 8. The number of amides is 3. The number of hydrogen-bond donors (Lipinski definition) is 9. The average Bonchev–Trinajstić information content (AvgIpc) is 2.71. The molecule has 33 heavy (non-hydrogen) atoms. The van der Waals surface area contributed by atoms with Gasteiger partial charge in [-0.3, -0.25) is 29.0 Å². The number of carboxylic acids is 3. The molecule has 0 saturated heterocycles. The molecule has 0 aliphatic rings. The molecule has 0 heterocycles. The topological polar surface area (TPSA) is 290 Å². The molecule has 0 spiro atoms. The molecule has 16 nitrogen and oxygen atoms in total. The maximum absolute atomic E-state index is 12.6. The number of carbonyl (C=O) groups is 6. The summed E-state index contributed by atoms with van der Waals surface area (Å²) >= 11 is 0. The van der Waals surface area contributed by atoms with Gasteiger partial charge in [-0.25, -0.2) is 4.79 Å². The van der Waals surface area contributed by atoms with E-state index in [4.69, 9.17) is 27.4 Å². The summed E-state index contributed by atoms with van der Waals surface area (Å²) in [7, 11) is 0. The Kier molecular flexibility index (Phi) is 13.2. The van der Waals surface area contributed by atoms with Crippen LogP contribution in [0.4, 0.5) is 0 Å². The molecule has 0 aromatic carbocycles. The number of carbonyl (C=O) groups excluding carboxylic acids is 3. The van der Waals surface area contributed by atoms with Crippen LogP contribution in [0.1, 0.15) is 32.1 Å². The first-order chi connectivity index (χ1) is 15.4. The van der Waals surface area contributed by atoms with E-state index in [1.165, 1.54) is 0 Å². The summed E-state index contributed by atoms with van der Waals surface area (Å²) in [5.74, 6) is -7.21. The van der Waals surface area contributed by atoms with Crippen molar-refractivity contribution in [1.82, 2.24) is 16.0 Å². The molecule has 0 aromatic rings. The summed E-state index contributed by atoms with van der Waals surface area (Å²) in [5.41, 5.74) is 15.6. The molecule has 3 amide bonds. The Bertz CT molecular complexity index is 768. The Labute approximate surface area is 187 Å². The van der Waals surface area contributed by atoms with E-state index in [0.29, 0.717) is 0 Å². The largest absolute Gasteiger partial charge is 0.481 e. The Hall–Kier alpha value is -3.95. The van der Waals surface area contributed by atoms with E-state index in [-0.39, 0.29) is 25.3 Å². The van der Waals surface area contributed by atoms with E-state index < -0.39 is 79.6 Å². The van der Waals surface area contributed by atoms with Crippen molar-refractivity contribution < 1.29 is 44.1 Å². The van der Waals surface area contributed by atoms with Gasteiger partial charge in [-0.05, 0) is 19.3 Å². The molecule has 0 aromatic heterocycles. The van der Waals surface area contributed by atoms with Gasteiger partial charge in [-0.15, -0.1) is 0 Å². The predicted molar refractivity (Wildman–Crippen MR) is 112 cm³/mol. The second kappa shape index (κ2) is 15.0. The van der Waals surface area contributed by atoms with Gasteiger partial charge >= 0.3 is 17.9 Å². The lowest BCUT2D eigenvalue weighted by atomic mass is 10.1. The van der Waals surface area contributed by atoms with E-state index >= 15 is 0 Å². The highest BCUT2D eigenvalue weighted by Crippen LogP contribution is 2.05. The van der Waals surface area contributed by atoms with Crippen LogP contribution >= 0.6 is 0 Å². The summed E-state index contributed by atoms with van der Waals surface area (Å²) in [4.78, 5) is 73.5.